The van der Waals surface area contributed by atoms with E-state index >= 15 is 0 Å². The molecule has 196 valence electrons. The molecule has 3 fully saturated rings. The summed E-state index contributed by atoms with van der Waals surface area (Å²) in [6, 6.07) is 7.94. The highest BCUT2D eigenvalue weighted by atomic mass is 16.7. The van der Waals surface area contributed by atoms with Gasteiger partial charge in [-0.2, -0.15) is 5.06 Å². The molecule has 0 aliphatic carbocycles. The van der Waals surface area contributed by atoms with E-state index in [2.05, 4.69) is 10.9 Å². The zero-order valence-corrected chi connectivity index (χ0v) is 20.9. The van der Waals surface area contributed by atoms with E-state index in [-0.39, 0.29) is 18.7 Å². The summed E-state index contributed by atoms with van der Waals surface area (Å²) in [7, 11) is 0. The number of benzene rings is 1. The van der Waals surface area contributed by atoms with Gasteiger partial charge in [-0.25, -0.2) is 19.8 Å². The SMILES string of the molecule is CC(C)(C)OC(=O)N1CCN(C(=O)NNC(=O)[C@@H]2CC[C@@H]3CN2C(=O)N3OCc2ccccc2)CC1. The summed E-state index contributed by atoms with van der Waals surface area (Å²) in [6.07, 6.45) is 0.677. The van der Waals surface area contributed by atoms with Gasteiger partial charge >= 0.3 is 18.2 Å². The van der Waals surface area contributed by atoms with Crippen molar-refractivity contribution in [1.82, 2.24) is 30.6 Å². The normalized spacial score (nSPS) is 21.9. The molecule has 0 radical (unpaired) electrons. The summed E-state index contributed by atoms with van der Waals surface area (Å²) >= 11 is 0. The molecule has 0 unspecified atom stereocenters. The number of carbonyl (C=O) groups excluding carboxylic acids is 4. The fourth-order valence-electron chi connectivity index (χ4n) is 4.48. The Balaban J connectivity index is 1.22. The van der Waals surface area contributed by atoms with Gasteiger partial charge in [-0.15, -0.1) is 0 Å². The first-order chi connectivity index (χ1) is 17.1. The second kappa shape index (κ2) is 10.6. The lowest BCUT2D eigenvalue weighted by Crippen LogP contribution is -2.59. The second-order valence-electron chi connectivity index (χ2n) is 10.1. The number of nitrogens with zero attached hydrogens (tertiary/aromatic N) is 4. The molecule has 0 saturated carbocycles. The van der Waals surface area contributed by atoms with Crippen LogP contribution in [0.4, 0.5) is 14.4 Å². The van der Waals surface area contributed by atoms with Crippen molar-refractivity contribution in [3.8, 4) is 0 Å². The van der Waals surface area contributed by atoms with Crippen molar-refractivity contribution in [2.75, 3.05) is 32.7 Å². The molecule has 4 rings (SSSR count). The summed E-state index contributed by atoms with van der Waals surface area (Å²) in [6.45, 7) is 7.35. The molecule has 3 aliphatic rings. The molecule has 12 heteroatoms. The maximum absolute atomic E-state index is 12.9. The summed E-state index contributed by atoms with van der Waals surface area (Å²) in [5.41, 5.74) is 5.25. The van der Waals surface area contributed by atoms with E-state index in [4.69, 9.17) is 9.57 Å². The number of ether oxygens (including phenoxy) is 1. The molecule has 1 aromatic rings. The Morgan fingerprint density at radius 1 is 0.972 bits per heavy atom. The maximum Gasteiger partial charge on any atom is 0.410 e. The van der Waals surface area contributed by atoms with Crippen LogP contribution in [0.2, 0.25) is 0 Å². The second-order valence-corrected chi connectivity index (χ2v) is 10.1. The largest absolute Gasteiger partial charge is 0.444 e. The van der Waals surface area contributed by atoms with E-state index in [9.17, 15) is 19.2 Å². The molecule has 2 bridgehead atoms. The van der Waals surface area contributed by atoms with E-state index in [1.54, 1.807) is 25.7 Å². The summed E-state index contributed by atoms with van der Waals surface area (Å²) in [5, 5.41) is 1.36. The van der Waals surface area contributed by atoms with Gasteiger partial charge in [0.1, 0.15) is 18.2 Å². The lowest BCUT2D eigenvalue weighted by Gasteiger charge is -2.35. The average Bonchev–Trinajstić information content (AvgIpc) is 3.09. The minimum Gasteiger partial charge on any atom is -0.444 e. The molecule has 3 aliphatic heterocycles. The third kappa shape index (κ3) is 5.99. The molecule has 2 atom stereocenters. The van der Waals surface area contributed by atoms with Gasteiger partial charge in [0.25, 0.3) is 5.91 Å². The van der Waals surface area contributed by atoms with Gasteiger partial charge in [0.05, 0.1) is 6.04 Å². The van der Waals surface area contributed by atoms with Crippen molar-refractivity contribution in [3.05, 3.63) is 35.9 Å². The Kier molecular flexibility index (Phi) is 7.53. The minimum absolute atomic E-state index is 0.110. The lowest BCUT2D eigenvalue weighted by atomic mass is 10.0. The molecule has 3 saturated heterocycles. The first-order valence-corrected chi connectivity index (χ1v) is 12.2. The van der Waals surface area contributed by atoms with Crippen molar-refractivity contribution in [2.24, 2.45) is 0 Å². The van der Waals surface area contributed by atoms with Gasteiger partial charge < -0.3 is 19.4 Å². The van der Waals surface area contributed by atoms with E-state index in [0.29, 0.717) is 45.6 Å². The Morgan fingerprint density at radius 3 is 2.31 bits per heavy atom. The number of piperidine rings is 1. The zero-order chi connectivity index (χ0) is 25.9. The van der Waals surface area contributed by atoms with E-state index in [0.717, 1.165) is 5.56 Å². The van der Waals surface area contributed by atoms with Crippen molar-refractivity contribution >= 4 is 24.1 Å². The molecule has 0 spiro atoms. The molecule has 12 nitrogen and oxygen atoms in total. The quantitative estimate of drug-likeness (QED) is 0.604. The Hall–Kier alpha value is -3.54. The van der Waals surface area contributed by atoms with Gasteiger partial charge in [-0.3, -0.25) is 15.1 Å². The highest BCUT2D eigenvalue weighted by molar-refractivity contribution is 5.89. The number of urea groups is 2. The van der Waals surface area contributed by atoms with Gasteiger partial charge in [-0.1, -0.05) is 30.3 Å². The third-order valence-electron chi connectivity index (χ3n) is 6.35. The lowest BCUT2D eigenvalue weighted by molar-refractivity contribution is -0.140. The van der Waals surface area contributed by atoms with Crippen LogP contribution >= 0.6 is 0 Å². The van der Waals surface area contributed by atoms with Crippen molar-refractivity contribution < 1.29 is 28.8 Å². The number of hydroxylamine groups is 2. The molecular weight excluding hydrogens is 468 g/mol. The van der Waals surface area contributed by atoms with Gasteiger partial charge in [0, 0.05) is 32.7 Å². The van der Waals surface area contributed by atoms with E-state index in [1.165, 1.54) is 14.9 Å². The molecule has 6 amide bonds. The first kappa shape index (κ1) is 25.5. The Labute approximate surface area is 210 Å². The fraction of sp³-hybridized carbons (Fsp3) is 0.583. The van der Waals surface area contributed by atoms with Gasteiger partial charge in [0.15, 0.2) is 0 Å². The predicted molar refractivity (Wildman–Crippen MR) is 128 cm³/mol. The standard InChI is InChI=1S/C24H34N6O6/c1-24(2,3)36-23(34)28-13-11-27(12-14-28)21(32)26-25-20(31)19-10-9-18-15-29(19)22(33)30(18)35-16-17-7-5-4-6-8-17/h4-8,18-19H,9-16H2,1-3H3,(H,25,31)(H,26,32)/t18-,19+/m1/s1. The number of hydrazine groups is 1. The van der Waals surface area contributed by atoms with Crippen LogP contribution in [0, 0.1) is 0 Å². The topological polar surface area (TPSA) is 124 Å². The minimum atomic E-state index is -0.691. The fourth-order valence-corrected chi connectivity index (χ4v) is 4.48. The number of hydrogen-bond donors (Lipinski definition) is 2. The zero-order valence-electron chi connectivity index (χ0n) is 20.9. The molecule has 36 heavy (non-hydrogen) atoms. The molecule has 3 heterocycles. The monoisotopic (exact) mass is 502 g/mol. The number of rotatable bonds is 4. The van der Waals surface area contributed by atoms with Crippen LogP contribution < -0.4 is 10.9 Å². The first-order valence-electron chi connectivity index (χ1n) is 12.2. The molecule has 2 N–H and O–H groups in total. The molecule has 1 aromatic carbocycles. The van der Waals surface area contributed by atoms with Gasteiger partial charge in [0.2, 0.25) is 0 Å². The summed E-state index contributed by atoms with van der Waals surface area (Å²) in [4.78, 5) is 60.8. The van der Waals surface area contributed by atoms with Crippen LogP contribution in [0.25, 0.3) is 0 Å². The third-order valence-corrected chi connectivity index (χ3v) is 6.35. The van der Waals surface area contributed by atoms with E-state index < -0.39 is 29.7 Å². The van der Waals surface area contributed by atoms with Crippen LogP contribution in [0.15, 0.2) is 30.3 Å². The average molecular weight is 503 g/mol. The number of nitrogens with one attached hydrogen (secondary N) is 2. The smallest absolute Gasteiger partial charge is 0.410 e. The number of amides is 6. The maximum atomic E-state index is 12.9. The van der Waals surface area contributed by atoms with Crippen molar-refractivity contribution in [2.45, 2.75) is 57.9 Å². The summed E-state index contributed by atoms with van der Waals surface area (Å²) < 4.78 is 5.36. The van der Waals surface area contributed by atoms with Crippen LogP contribution in [-0.2, 0) is 21.0 Å². The number of fused-ring (bicyclic) bond motifs is 2. The van der Waals surface area contributed by atoms with Crippen LogP contribution in [0.5, 0.6) is 0 Å². The van der Waals surface area contributed by atoms with Crippen molar-refractivity contribution in [3.63, 3.8) is 0 Å². The van der Waals surface area contributed by atoms with Crippen LogP contribution in [-0.4, -0.2) is 94.2 Å². The Morgan fingerprint density at radius 2 is 1.64 bits per heavy atom. The highest BCUT2D eigenvalue weighted by Crippen LogP contribution is 2.30. The van der Waals surface area contributed by atoms with Gasteiger partial charge in [-0.05, 0) is 39.2 Å². The number of piperazine rings is 1. The number of hydrogen-bond acceptors (Lipinski definition) is 6. The van der Waals surface area contributed by atoms with Crippen molar-refractivity contribution in [1.29, 1.82) is 0 Å². The summed E-state index contributed by atoms with van der Waals surface area (Å²) in [5.74, 6) is -0.451. The van der Waals surface area contributed by atoms with Crippen LogP contribution in [0.1, 0.15) is 39.2 Å². The Bertz CT molecular complexity index is 975. The highest BCUT2D eigenvalue weighted by Gasteiger charge is 2.48. The number of carbonyl (C=O) groups is 4. The van der Waals surface area contributed by atoms with E-state index in [1.807, 2.05) is 30.3 Å². The molecule has 0 aromatic heterocycles. The predicted octanol–water partition coefficient (Wildman–Crippen LogP) is 1.68. The van der Waals surface area contributed by atoms with Crippen LogP contribution in [0.3, 0.4) is 0 Å². The molecular formula is C24H34N6O6.